The second-order valence-corrected chi connectivity index (χ2v) is 5.53. The van der Waals surface area contributed by atoms with Gasteiger partial charge in [0.05, 0.1) is 11.0 Å². The van der Waals surface area contributed by atoms with E-state index in [1.54, 1.807) is 0 Å². The Kier molecular flexibility index (Phi) is 14.0. The van der Waals surface area contributed by atoms with Crippen LogP contribution < -0.4 is 34.6 Å². The summed E-state index contributed by atoms with van der Waals surface area (Å²) in [7, 11) is 8.19. The fraction of sp³-hybridized carbons (Fsp3) is 0.235. The number of hydrogen-bond donors (Lipinski definition) is 0. The zero-order chi connectivity index (χ0) is 14.3. The summed E-state index contributed by atoms with van der Waals surface area (Å²) >= 11 is 0. The number of benzene rings is 2. The number of hydrogen-bond acceptors (Lipinski definition) is 3. The van der Waals surface area contributed by atoms with Crippen molar-refractivity contribution in [1.82, 2.24) is 4.98 Å². The fourth-order valence-corrected chi connectivity index (χ4v) is 2.36. The molecule has 0 N–H and O–H groups in total. The molecule has 8 heteroatoms. The van der Waals surface area contributed by atoms with Gasteiger partial charge in [0.15, 0.2) is 0 Å². The maximum atomic E-state index is 4.81. The number of halogens is 4. The van der Waals surface area contributed by atoms with Crippen molar-refractivity contribution in [3.05, 3.63) is 42.5 Å². The van der Waals surface area contributed by atoms with Crippen LogP contribution in [0.3, 0.4) is 0 Å². The Bertz CT molecular complexity index is 734. The van der Waals surface area contributed by atoms with Gasteiger partial charge in [0.2, 0.25) is 0 Å². The number of nitrogens with zero attached hydrogens (tertiary/aromatic N) is 3. The Morgan fingerprint density at radius 1 is 0.640 bits per heavy atom. The summed E-state index contributed by atoms with van der Waals surface area (Å²) in [4.78, 5) is 9.01. The molecule has 3 nitrogen and oxygen atoms in total. The standard InChI is InChI=1S/C17H19N3.4ClH.Zn/c1-19(2)14-7-5-12-9-13-6-8-15(20(3)4)11-17(13)18-16(12)10-14;;;;;/h5-11H,1-4H3;4*1H;/q;;;;;+2/p-2. The van der Waals surface area contributed by atoms with Crippen LogP contribution >= 0.6 is 24.8 Å². The molecule has 3 aromatic rings. The van der Waals surface area contributed by atoms with E-state index in [1.807, 2.05) is 28.2 Å². The molecular weight excluding hydrogens is 453 g/mol. The third kappa shape index (κ3) is 6.30. The van der Waals surface area contributed by atoms with Gasteiger partial charge in [0, 0.05) is 50.3 Å². The number of rotatable bonds is 2. The molecule has 0 aliphatic rings. The largest absolute Gasteiger partial charge is 2.00 e. The van der Waals surface area contributed by atoms with Crippen molar-refractivity contribution in [3.8, 4) is 0 Å². The topological polar surface area (TPSA) is 19.4 Å². The van der Waals surface area contributed by atoms with Gasteiger partial charge in [-0.1, -0.05) is 12.1 Å². The Balaban J connectivity index is -0.000000968. The summed E-state index contributed by atoms with van der Waals surface area (Å²) in [5.41, 5.74) is 4.43. The van der Waals surface area contributed by atoms with Gasteiger partial charge in [-0.15, -0.1) is 24.8 Å². The molecule has 0 atom stereocenters. The number of aromatic nitrogens is 1. The molecular formula is C17H21Cl4N3Zn. The van der Waals surface area contributed by atoms with E-state index < -0.39 is 0 Å². The molecule has 0 aliphatic heterocycles. The third-order valence-electron chi connectivity index (χ3n) is 3.61. The van der Waals surface area contributed by atoms with Crippen LogP contribution in [0.1, 0.15) is 0 Å². The summed E-state index contributed by atoms with van der Waals surface area (Å²) in [5.74, 6) is 0. The van der Waals surface area contributed by atoms with Crippen LogP contribution in [0.4, 0.5) is 11.4 Å². The van der Waals surface area contributed by atoms with Crippen molar-refractivity contribution in [3.63, 3.8) is 0 Å². The Morgan fingerprint density at radius 2 is 1.00 bits per heavy atom. The van der Waals surface area contributed by atoms with Crippen molar-refractivity contribution in [2.45, 2.75) is 0 Å². The molecule has 2 aromatic carbocycles. The summed E-state index contributed by atoms with van der Waals surface area (Å²) in [6, 6.07) is 15.0. The molecule has 25 heavy (non-hydrogen) atoms. The Hall–Kier alpha value is -0.507. The molecule has 0 bridgehead atoms. The van der Waals surface area contributed by atoms with E-state index in [2.05, 4.69) is 52.3 Å². The monoisotopic (exact) mass is 471 g/mol. The van der Waals surface area contributed by atoms with Crippen molar-refractivity contribution in [2.75, 3.05) is 38.0 Å². The molecule has 0 saturated carbocycles. The normalized spacial score (nSPS) is 8.80. The summed E-state index contributed by atoms with van der Waals surface area (Å²) in [6.07, 6.45) is 0. The molecule has 1 aromatic heterocycles. The second-order valence-electron chi connectivity index (χ2n) is 5.53. The predicted octanol–water partition coefficient (Wildman–Crippen LogP) is -1.63. The Morgan fingerprint density at radius 3 is 1.32 bits per heavy atom. The van der Waals surface area contributed by atoms with Crippen LogP contribution in [-0.4, -0.2) is 33.2 Å². The van der Waals surface area contributed by atoms with Gasteiger partial charge in [-0.25, -0.2) is 4.98 Å². The summed E-state index contributed by atoms with van der Waals surface area (Å²) in [6.45, 7) is 0. The first-order chi connectivity index (χ1) is 9.54. The van der Waals surface area contributed by atoms with E-state index in [0.717, 1.165) is 11.0 Å². The van der Waals surface area contributed by atoms with Crippen molar-refractivity contribution >= 4 is 58.0 Å². The number of anilines is 2. The number of pyridine rings is 1. The van der Waals surface area contributed by atoms with E-state index in [-0.39, 0.29) is 69.1 Å². The van der Waals surface area contributed by atoms with E-state index in [9.17, 15) is 0 Å². The summed E-state index contributed by atoms with van der Waals surface area (Å²) in [5, 5.41) is 2.36. The third-order valence-corrected chi connectivity index (χ3v) is 3.61. The molecule has 134 valence electrons. The molecule has 1 heterocycles. The minimum absolute atomic E-state index is 0. The SMILES string of the molecule is CN(C)c1ccc2cc3ccc(N(C)C)cc3nc2c1.Cl.Cl.[Cl-].[Cl-].[Zn+2]. The van der Waals surface area contributed by atoms with Crippen LogP contribution in [0.25, 0.3) is 21.8 Å². The maximum absolute atomic E-state index is 4.81. The molecule has 0 unspecified atom stereocenters. The number of fused-ring (bicyclic) bond motifs is 2. The van der Waals surface area contributed by atoms with Gasteiger partial charge < -0.3 is 34.6 Å². The van der Waals surface area contributed by atoms with Crippen molar-refractivity contribution < 1.29 is 44.3 Å². The average molecular weight is 475 g/mol. The molecule has 0 amide bonds. The van der Waals surface area contributed by atoms with Crippen LogP contribution in [0.15, 0.2) is 42.5 Å². The van der Waals surface area contributed by atoms with E-state index in [4.69, 9.17) is 4.98 Å². The van der Waals surface area contributed by atoms with Gasteiger partial charge in [0.1, 0.15) is 0 Å². The van der Waals surface area contributed by atoms with Gasteiger partial charge in [0.25, 0.3) is 0 Å². The van der Waals surface area contributed by atoms with Crippen molar-refractivity contribution in [1.29, 1.82) is 0 Å². The minimum atomic E-state index is 0. The van der Waals surface area contributed by atoms with Gasteiger partial charge >= 0.3 is 19.5 Å². The second kappa shape index (κ2) is 12.0. The predicted molar refractivity (Wildman–Crippen MR) is 102 cm³/mol. The van der Waals surface area contributed by atoms with E-state index >= 15 is 0 Å². The molecule has 3 rings (SSSR count). The smallest absolute Gasteiger partial charge is 1.00 e. The quantitative estimate of drug-likeness (QED) is 0.329. The first kappa shape index (κ1) is 29.3. The molecule has 0 aliphatic carbocycles. The summed E-state index contributed by atoms with van der Waals surface area (Å²) < 4.78 is 0. The minimum Gasteiger partial charge on any atom is -1.00 e. The van der Waals surface area contributed by atoms with Crippen LogP contribution in [-0.2, 0) is 19.5 Å². The maximum Gasteiger partial charge on any atom is 2.00 e. The van der Waals surface area contributed by atoms with Crippen LogP contribution in [0.5, 0.6) is 0 Å². The van der Waals surface area contributed by atoms with E-state index in [1.165, 1.54) is 22.1 Å². The first-order valence-corrected chi connectivity index (χ1v) is 6.74. The molecule has 0 spiro atoms. The van der Waals surface area contributed by atoms with Gasteiger partial charge in [-0.3, -0.25) is 0 Å². The van der Waals surface area contributed by atoms with Crippen LogP contribution in [0.2, 0.25) is 0 Å². The van der Waals surface area contributed by atoms with Crippen LogP contribution in [0, 0.1) is 0 Å². The van der Waals surface area contributed by atoms with E-state index in [0.29, 0.717) is 0 Å². The van der Waals surface area contributed by atoms with Gasteiger partial charge in [-0.05, 0) is 30.3 Å². The zero-order valence-corrected chi connectivity index (χ0v) is 20.8. The first-order valence-electron chi connectivity index (χ1n) is 6.74. The zero-order valence-electron chi connectivity index (χ0n) is 14.7. The van der Waals surface area contributed by atoms with Gasteiger partial charge in [-0.2, -0.15) is 0 Å². The van der Waals surface area contributed by atoms with Crippen molar-refractivity contribution in [2.24, 2.45) is 0 Å². The molecule has 0 fully saturated rings. The molecule has 0 saturated heterocycles. The fourth-order valence-electron chi connectivity index (χ4n) is 2.36. The molecule has 0 radical (unpaired) electrons. The average Bonchev–Trinajstić information content (AvgIpc) is 2.43. The Labute approximate surface area is 186 Å².